The Balaban J connectivity index is 0.000000464. The minimum atomic E-state index is -6.00. The summed E-state index contributed by atoms with van der Waals surface area (Å²) in [6.07, 6.45) is 0. The van der Waals surface area contributed by atoms with Crippen molar-refractivity contribution in [1.82, 2.24) is 0 Å². The monoisotopic (exact) mass is 469 g/mol. The first-order valence-corrected chi connectivity index (χ1v) is 11.2. The first-order chi connectivity index (χ1) is 16.9. The molecule has 0 saturated heterocycles. The number of hydrogen-bond donors (Lipinski definition) is 0. The molecule has 2 aromatic heterocycles. The Kier molecular flexibility index (Phi) is 5.95. The fourth-order valence-corrected chi connectivity index (χ4v) is 4.51. The highest BCUT2D eigenvalue weighted by Gasteiger charge is 2.22. The Morgan fingerprint density at radius 3 is 1.49 bits per heavy atom. The molecule has 1 nitrogen and oxygen atoms in total. The number of pyridine rings is 2. The smallest absolute Gasteiger partial charge is 0.418 e. The lowest BCUT2D eigenvalue weighted by atomic mass is 9.98. The molecule has 4 aromatic carbocycles. The van der Waals surface area contributed by atoms with Gasteiger partial charge < -0.3 is 17.3 Å². The summed E-state index contributed by atoms with van der Waals surface area (Å²) in [7, 11) is -6.00. The molecule has 0 aliphatic heterocycles. The summed E-state index contributed by atoms with van der Waals surface area (Å²) in [4.78, 5) is 0. The highest BCUT2D eigenvalue weighted by Crippen LogP contribution is 2.32. The maximum atomic E-state index is 9.75. The van der Waals surface area contributed by atoms with Crippen LogP contribution in [0, 0.1) is 0 Å². The lowest BCUT2D eigenvalue weighted by Gasteiger charge is -2.10. The summed E-state index contributed by atoms with van der Waals surface area (Å²) in [6, 6.07) is 43.4. The molecule has 172 valence electrons. The number of fused-ring (bicyclic) bond motifs is 6. The Labute approximate surface area is 200 Å². The van der Waals surface area contributed by atoms with Crippen LogP contribution < -0.4 is 4.40 Å². The van der Waals surface area contributed by atoms with Crippen LogP contribution in [0.5, 0.6) is 0 Å². The van der Waals surface area contributed by atoms with Gasteiger partial charge in [-0.2, -0.15) is 4.40 Å². The second kappa shape index (κ2) is 9.22. The molecule has 0 fully saturated rings. The SMILES string of the molecule is F[B-](F)(F)F.c1ccc(-c2cc(-c3ccccc3)[n+]3c4ccccc4c4ccccc4c3c2)cc1. The van der Waals surface area contributed by atoms with Gasteiger partial charge in [-0.3, -0.25) is 0 Å². The molecule has 35 heavy (non-hydrogen) atoms. The van der Waals surface area contributed by atoms with Gasteiger partial charge in [0.25, 0.3) is 0 Å². The average Bonchev–Trinajstić information content (AvgIpc) is 2.88. The standard InChI is InChI=1S/C29H20N.BF4/c1-3-11-21(12-4-1)23-19-28(22-13-5-2-6-14-22)30-27-18-10-9-16-25(27)24-15-7-8-17-26(24)29(30)20-23;2-1(3,4)5/h1-20H;/q+1;-1. The summed E-state index contributed by atoms with van der Waals surface area (Å²) in [5.74, 6) is 0. The molecule has 6 rings (SSSR count). The number of rotatable bonds is 2. The average molecular weight is 469 g/mol. The molecular weight excluding hydrogens is 449 g/mol. The molecule has 0 unspecified atom stereocenters. The zero-order valence-corrected chi connectivity index (χ0v) is 18.6. The van der Waals surface area contributed by atoms with Crippen LogP contribution in [0.3, 0.4) is 0 Å². The summed E-state index contributed by atoms with van der Waals surface area (Å²) in [5.41, 5.74) is 7.33. The zero-order chi connectivity index (χ0) is 24.4. The third-order valence-corrected chi connectivity index (χ3v) is 5.88. The van der Waals surface area contributed by atoms with E-state index < -0.39 is 7.25 Å². The van der Waals surface area contributed by atoms with Crippen LogP contribution in [0.4, 0.5) is 17.3 Å². The van der Waals surface area contributed by atoms with Gasteiger partial charge in [-0.15, -0.1) is 0 Å². The molecule has 0 N–H and O–H groups in total. The van der Waals surface area contributed by atoms with Crippen molar-refractivity contribution in [1.29, 1.82) is 0 Å². The van der Waals surface area contributed by atoms with Crippen molar-refractivity contribution in [3.63, 3.8) is 0 Å². The number of halogens is 4. The maximum Gasteiger partial charge on any atom is 0.673 e. The van der Waals surface area contributed by atoms with Crippen LogP contribution in [0.1, 0.15) is 0 Å². The molecule has 0 radical (unpaired) electrons. The van der Waals surface area contributed by atoms with Crippen LogP contribution in [-0.4, -0.2) is 7.25 Å². The largest absolute Gasteiger partial charge is 0.673 e. The number of para-hydroxylation sites is 1. The van der Waals surface area contributed by atoms with E-state index in [-0.39, 0.29) is 0 Å². The lowest BCUT2D eigenvalue weighted by Crippen LogP contribution is -2.27. The first-order valence-electron chi connectivity index (χ1n) is 11.2. The van der Waals surface area contributed by atoms with Crippen molar-refractivity contribution >= 4 is 34.4 Å². The van der Waals surface area contributed by atoms with E-state index in [0.29, 0.717) is 0 Å². The van der Waals surface area contributed by atoms with Crippen molar-refractivity contribution in [2.24, 2.45) is 0 Å². The van der Waals surface area contributed by atoms with Gasteiger partial charge in [0.15, 0.2) is 0 Å². The number of nitrogens with zero attached hydrogens (tertiary/aromatic N) is 1. The van der Waals surface area contributed by atoms with Gasteiger partial charge in [-0.25, -0.2) is 0 Å². The van der Waals surface area contributed by atoms with Gasteiger partial charge in [0.1, 0.15) is 0 Å². The van der Waals surface area contributed by atoms with Crippen LogP contribution >= 0.6 is 0 Å². The lowest BCUT2D eigenvalue weighted by molar-refractivity contribution is -0.467. The van der Waals surface area contributed by atoms with Crippen molar-refractivity contribution in [3.8, 4) is 22.4 Å². The molecule has 0 aliphatic rings. The van der Waals surface area contributed by atoms with E-state index in [1.165, 1.54) is 49.6 Å². The minimum absolute atomic E-state index is 1.20. The van der Waals surface area contributed by atoms with E-state index >= 15 is 0 Å². The molecule has 0 spiro atoms. The molecule has 2 heterocycles. The molecule has 0 aliphatic carbocycles. The van der Waals surface area contributed by atoms with E-state index in [0.717, 1.165) is 0 Å². The van der Waals surface area contributed by atoms with Crippen LogP contribution in [0.15, 0.2) is 121 Å². The fraction of sp³-hybridized carbons (Fsp3) is 0. The van der Waals surface area contributed by atoms with Gasteiger partial charge in [-0.05, 0) is 35.4 Å². The maximum absolute atomic E-state index is 9.75. The number of hydrogen-bond acceptors (Lipinski definition) is 0. The topological polar surface area (TPSA) is 4.10 Å². The number of benzene rings is 4. The van der Waals surface area contributed by atoms with E-state index in [4.69, 9.17) is 0 Å². The Bertz CT molecular complexity index is 1630. The van der Waals surface area contributed by atoms with Crippen molar-refractivity contribution < 1.29 is 21.7 Å². The molecular formula is C29H20BF4N. The van der Waals surface area contributed by atoms with Gasteiger partial charge >= 0.3 is 7.25 Å². The molecule has 0 bridgehead atoms. The van der Waals surface area contributed by atoms with E-state index in [9.17, 15) is 17.3 Å². The normalized spacial score (nSPS) is 11.4. The number of aromatic nitrogens is 1. The zero-order valence-electron chi connectivity index (χ0n) is 18.6. The molecule has 0 saturated carbocycles. The summed E-state index contributed by atoms with van der Waals surface area (Å²) >= 11 is 0. The minimum Gasteiger partial charge on any atom is -0.418 e. The Morgan fingerprint density at radius 1 is 0.429 bits per heavy atom. The van der Waals surface area contributed by atoms with Crippen LogP contribution in [0.2, 0.25) is 0 Å². The summed E-state index contributed by atoms with van der Waals surface area (Å²) < 4.78 is 41.4. The van der Waals surface area contributed by atoms with E-state index in [2.05, 4.69) is 126 Å². The Hall–Kier alpha value is -4.19. The molecule has 0 amide bonds. The van der Waals surface area contributed by atoms with Gasteiger partial charge in [0, 0.05) is 29.1 Å². The second-order valence-corrected chi connectivity index (χ2v) is 8.14. The van der Waals surface area contributed by atoms with Gasteiger partial charge in [0.2, 0.25) is 16.7 Å². The van der Waals surface area contributed by atoms with Crippen LogP contribution in [0.25, 0.3) is 49.6 Å². The van der Waals surface area contributed by atoms with Gasteiger partial charge in [-0.1, -0.05) is 78.9 Å². The highest BCUT2D eigenvalue weighted by molar-refractivity contribution is 6.50. The van der Waals surface area contributed by atoms with Crippen molar-refractivity contribution in [2.75, 3.05) is 0 Å². The van der Waals surface area contributed by atoms with Crippen LogP contribution in [-0.2, 0) is 0 Å². The fourth-order valence-electron chi connectivity index (χ4n) is 4.51. The molecule has 6 aromatic rings. The predicted octanol–water partition coefficient (Wildman–Crippen LogP) is 8.37. The van der Waals surface area contributed by atoms with E-state index in [1.807, 2.05) is 0 Å². The third-order valence-electron chi connectivity index (χ3n) is 5.88. The van der Waals surface area contributed by atoms with Gasteiger partial charge in [0.05, 0.1) is 10.8 Å². The van der Waals surface area contributed by atoms with Crippen molar-refractivity contribution in [3.05, 3.63) is 121 Å². The first kappa shape index (κ1) is 22.6. The highest BCUT2D eigenvalue weighted by atomic mass is 19.5. The molecule has 6 heteroatoms. The quantitative estimate of drug-likeness (QED) is 0.104. The Morgan fingerprint density at radius 2 is 0.886 bits per heavy atom. The van der Waals surface area contributed by atoms with Crippen molar-refractivity contribution in [2.45, 2.75) is 0 Å². The predicted molar refractivity (Wildman–Crippen MR) is 136 cm³/mol. The van der Waals surface area contributed by atoms with E-state index in [1.54, 1.807) is 0 Å². The summed E-state index contributed by atoms with van der Waals surface area (Å²) in [6.45, 7) is 0. The second-order valence-electron chi connectivity index (χ2n) is 8.14. The molecule has 0 atom stereocenters. The third kappa shape index (κ3) is 4.73. The summed E-state index contributed by atoms with van der Waals surface area (Å²) in [5, 5.41) is 3.83.